The smallest absolute Gasteiger partial charge is 0.331 e. The lowest BCUT2D eigenvalue weighted by Crippen LogP contribution is -2.37. The number of nitrogens with one attached hydrogen (secondary N) is 1. The Hall–Kier alpha value is -2.77. The van der Waals surface area contributed by atoms with Crippen molar-refractivity contribution >= 4 is 17.6 Å². The van der Waals surface area contributed by atoms with Crippen LogP contribution in [0.15, 0.2) is 24.3 Å². The van der Waals surface area contributed by atoms with Crippen LogP contribution in [0, 0.1) is 0 Å². The van der Waals surface area contributed by atoms with E-state index >= 15 is 0 Å². The van der Waals surface area contributed by atoms with E-state index in [9.17, 15) is 14.7 Å². The molecule has 0 unspecified atom stereocenters. The lowest BCUT2D eigenvalue weighted by atomic mass is 10.1. The molecule has 110 valence electrons. The average Bonchev–Trinajstić information content (AvgIpc) is 2.88. The van der Waals surface area contributed by atoms with Gasteiger partial charge in [0.2, 0.25) is 5.91 Å². The summed E-state index contributed by atoms with van der Waals surface area (Å²) in [6.07, 6.45) is 0. The number of carboxylic acid groups (broad SMARTS) is 1. The van der Waals surface area contributed by atoms with Crippen LogP contribution in [-0.4, -0.2) is 37.2 Å². The van der Waals surface area contributed by atoms with E-state index in [1.165, 1.54) is 25.5 Å². The topological polar surface area (TPSA) is 110 Å². The van der Waals surface area contributed by atoms with E-state index in [2.05, 4.69) is 20.8 Å². The molecule has 2 aromatic rings. The summed E-state index contributed by atoms with van der Waals surface area (Å²) in [5, 5.41) is 23.1. The van der Waals surface area contributed by atoms with Crippen molar-refractivity contribution in [1.29, 1.82) is 0 Å². The Balaban J connectivity index is 2.38. The van der Waals surface area contributed by atoms with Gasteiger partial charge in [-0.15, -0.1) is 5.10 Å². The number of tetrazole rings is 1. The molecule has 2 rings (SSSR count). The Morgan fingerprint density at radius 1 is 1.24 bits per heavy atom. The van der Waals surface area contributed by atoms with E-state index in [0.29, 0.717) is 17.1 Å². The number of carboxylic acids is 1. The highest BCUT2D eigenvalue weighted by atomic mass is 16.4. The van der Waals surface area contributed by atoms with Gasteiger partial charge in [0.15, 0.2) is 11.4 Å². The number of amides is 1. The third-order valence-electron chi connectivity index (χ3n) is 2.99. The molecule has 2 N–H and O–H groups in total. The number of rotatable bonds is 4. The van der Waals surface area contributed by atoms with Gasteiger partial charge >= 0.3 is 5.97 Å². The molecule has 0 saturated carbocycles. The summed E-state index contributed by atoms with van der Waals surface area (Å²) in [6, 6.07) is 6.82. The molecule has 0 aliphatic heterocycles. The number of benzene rings is 1. The van der Waals surface area contributed by atoms with Crippen molar-refractivity contribution in [2.45, 2.75) is 26.3 Å². The van der Waals surface area contributed by atoms with E-state index in [1.807, 2.05) is 0 Å². The van der Waals surface area contributed by atoms with Crippen LogP contribution in [0.3, 0.4) is 0 Å². The summed E-state index contributed by atoms with van der Waals surface area (Å²) in [5.74, 6) is -0.859. The van der Waals surface area contributed by atoms with Gasteiger partial charge in [-0.3, -0.25) is 4.79 Å². The summed E-state index contributed by atoms with van der Waals surface area (Å²) in [6.45, 7) is 4.45. The van der Waals surface area contributed by atoms with Crippen molar-refractivity contribution < 1.29 is 14.7 Å². The Bertz CT molecular complexity index is 675. The van der Waals surface area contributed by atoms with Crippen molar-refractivity contribution in [3.8, 4) is 11.4 Å². The minimum atomic E-state index is -1.27. The largest absolute Gasteiger partial charge is 0.479 e. The molecular weight excluding hydrogens is 274 g/mol. The maximum atomic E-state index is 11.3. The third-order valence-corrected chi connectivity index (χ3v) is 2.99. The van der Waals surface area contributed by atoms with Gasteiger partial charge < -0.3 is 10.4 Å². The first-order valence-corrected chi connectivity index (χ1v) is 6.22. The Morgan fingerprint density at radius 3 is 2.38 bits per heavy atom. The van der Waals surface area contributed by atoms with Gasteiger partial charge in [-0.05, 0) is 48.5 Å². The molecule has 8 nitrogen and oxygen atoms in total. The zero-order valence-electron chi connectivity index (χ0n) is 11.9. The van der Waals surface area contributed by atoms with E-state index in [-0.39, 0.29) is 5.91 Å². The standard InChI is InChI=1S/C13H15N5O3/c1-8(19)14-10-6-4-9(5-7-10)11-15-16-17-18(11)13(2,3)12(20)21/h4-7H,1-3H3,(H,14,19)(H,20,21). The summed E-state index contributed by atoms with van der Waals surface area (Å²) < 4.78 is 1.25. The quantitative estimate of drug-likeness (QED) is 0.872. The first-order valence-electron chi connectivity index (χ1n) is 6.22. The zero-order chi connectivity index (χ0) is 15.6. The van der Waals surface area contributed by atoms with Crippen molar-refractivity contribution in [3.05, 3.63) is 24.3 Å². The van der Waals surface area contributed by atoms with E-state index in [4.69, 9.17) is 0 Å². The number of nitrogens with zero attached hydrogens (tertiary/aromatic N) is 4. The molecule has 1 amide bonds. The maximum Gasteiger partial charge on any atom is 0.331 e. The minimum absolute atomic E-state index is 0.167. The van der Waals surface area contributed by atoms with Crippen LogP contribution in [0.4, 0.5) is 5.69 Å². The monoisotopic (exact) mass is 289 g/mol. The van der Waals surface area contributed by atoms with E-state index < -0.39 is 11.5 Å². The molecule has 8 heteroatoms. The van der Waals surface area contributed by atoms with Crippen LogP contribution in [0.2, 0.25) is 0 Å². The summed E-state index contributed by atoms with van der Waals surface area (Å²) in [5.41, 5.74) is 0.0287. The molecule has 0 atom stereocenters. The third kappa shape index (κ3) is 2.88. The number of hydrogen-bond donors (Lipinski definition) is 2. The lowest BCUT2D eigenvalue weighted by molar-refractivity contribution is -0.146. The first-order chi connectivity index (χ1) is 9.82. The number of anilines is 1. The number of carbonyl (C=O) groups is 2. The predicted octanol–water partition coefficient (Wildman–Crippen LogP) is 1.12. The van der Waals surface area contributed by atoms with Crippen LogP contribution < -0.4 is 5.32 Å². The van der Waals surface area contributed by atoms with Crippen LogP contribution in [0.1, 0.15) is 20.8 Å². The predicted molar refractivity (Wildman–Crippen MR) is 74.5 cm³/mol. The molecule has 0 saturated heterocycles. The fourth-order valence-electron chi connectivity index (χ4n) is 1.74. The Kier molecular flexibility index (Phi) is 3.70. The summed E-state index contributed by atoms with van der Waals surface area (Å²) >= 11 is 0. The molecular formula is C13H15N5O3. The minimum Gasteiger partial charge on any atom is -0.479 e. The van der Waals surface area contributed by atoms with Gasteiger partial charge in [0.25, 0.3) is 0 Å². The Labute approximate surface area is 120 Å². The van der Waals surface area contributed by atoms with Crippen molar-refractivity contribution in [2.75, 3.05) is 5.32 Å². The number of aliphatic carboxylic acids is 1. The molecule has 0 fully saturated rings. The molecule has 1 heterocycles. The van der Waals surface area contributed by atoms with Gasteiger partial charge in [-0.2, -0.15) is 0 Å². The number of hydrogen-bond acceptors (Lipinski definition) is 5. The molecule has 1 aromatic heterocycles. The SMILES string of the molecule is CC(=O)Nc1ccc(-c2nnnn2C(C)(C)C(=O)O)cc1. The van der Waals surface area contributed by atoms with Crippen LogP contribution >= 0.6 is 0 Å². The molecule has 0 bridgehead atoms. The second-order valence-electron chi connectivity index (χ2n) is 5.04. The maximum absolute atomic E-state index is 11.3. The highest BCUT2D eigenvalue weighted by Crippen LogP contribution is 2.24. The van der Waals surface area contributed by atoms with Crippen molar-refractivity contribution in [3.63, 3.8) is 0 Å². The van der Waals surface area contributed by atoms with E-state index in [1.54, 1.807) is 24.3 Å². The molecule has 21 heavy (non-hydrogen) atoms. The van der Waals surface area contributed by atoms with Crippen molar-refractivity contribution in [1.82, 2.24) is 20.2 Å². The molecule has 0 aliphatic rings. The molecule has 1 aromatic carbocycles. The fourth-order valence-corrected chi connectivity index (χ4v) is 1.74. The van der Waals surface area contributed by atoms with Gasteiger partial charge in [0, 0.05) is 18.2 Å². The van der Waals surface area contributed by atoms with Crippen LogP contribution in [0.25, 0.3) is 11.4 Å². The fraction of sp³-hybridized carbons (Fsp3) is 0.308. The molecule has 0 radical (unpaired) electrons. The number of carbonyl (C=O) groups excluding carboxylic acids is 1. The average molecular weight is 289 g/mol. The number of aromatic nitrogens is 4. The van der Waals surface area contributed by atoms with Gasteiger partial charge in [0.1, 0.15) is 0 Å². The van der Waals surface area contributed by atoms with Crippen LogP contribution in [-0.2, 0) is 15.1 Å². The van der Waals surface area contributed by atoms with Gasteiger partial charge in [-0.1, -0.05) is 0 Å². The normalized spacial score (nSPS) is 11.2. The highest BCUT2D eigenvalue weighted by molar-refractivity contribution is 5.88. The van der Waals surface area contributed by atoms with Crippen molar-refractivity contribution in [2.24, 2.45) is 0 Å². The second kappa shape index (κ2) is 5.31. The summed E-state index contributed by atoms with van der Waals surface area (Å²) in [4.78, 5) is 22.3. The molecule has 0 aliphatic carbocycles. The van der Waals surface area contributed by atoms with E-state index in [0.717, 1.165) is 0 Å². The zero-order valence-corrected chi connectivity index (χ0v) is 11.9. The van der Waals surface area contributed by atoms with Gasteiger partial charge in [-0.25, -0.2) is 9.48 Å². The second-order valence-corrected chi connectivity index (χ2v) is 5.04. The first kappa shape index (κ1) is 14.6. The highest BCUT2D eigenvalue weighted by Gasteiger charge is 2.33. The molecule has 0 spiro atoms. The Morgan fingerprint density at radius 2 is 1.86 bits per heavy atom. The van der Waals surface area contributed by atoms with Gasteiger partial charge in [0.05, 0.1) is 0 Å². The lowest BCUT2D eigenvalue weighted by Gasteiger charge is -2.20. The van der Waals surface area contributed by atoms with Crippen LogP contribution in [0.5, 0.6) is 0 Å². The summed E-state index contributed by atoms with van der Waals surface area (Å²) in [7, 11) is 0.